The van der Waals surface area contributed by atoms with Crippen molar-refractivity contribution in [2.24, 2.45) is 0 Å². The Balaban J connectivity index is 1.61. The lowest BCUT2D eigenvalue weighted by Gasteiger charge is -2.01. The van der Waals surface area contributed by atoms with Gasteiger partial charge in [0.05, 0.1) is 17.9 Å². The molecule has 0 atom stereocenters. The number of oxazole rings is 1. The van der Waals surface area contributed by atoms with E-state index in [1.807, 2.05) is 36.4 Å². The van der Waals surface area contributed by atoms with Crippen LogP contribution in [0.2, 0.25) is 0 Å². The normalized spacial score (nSPS) is 10.9. The zero-order valence-electron chi connectivity index (χ0n) is 10.9. The smallest absolute Gasteiger partial charge is 0.299 e. The molecule has 0 spiro atoms. The third-order valence-electron chi connectivity index (χ3n) is 3.11. The predicted molar refractivity (Wildman–Crippen MR) is 79.1 cm³/mol. The number of rotatable bonds is 3. The van der Waals surface area contributed by atoms with E-state index in [9.17, 15) is 0 Å². The van der Waals surface area contributed by atoms with Gasteiger partial charge in [0.1, 0.15) is 5.69 Å². The van der Waals surface area contributed by atoms with Crippen LogP contribution in [0.25, 0.3) is 22.4 Å². The molecule has 0 amide bonds. The van der Waals surface area contributed by atoms with Gasteiger partial charge in [0.2, 0.25) is 0 Å². The molecule has 6 nitrogen and oxygen atoms in total. The molecule has 4 rings (SSSR count). The number of benzene rings is 1. The predicted octanol–water partition coefficient (Wildman–Crippen LogP) is 3.36. The molecule has 3 heterocycles. The molecule has 3 aromatic heterocycles. The maximum atomic E-state index is 5.66. The Labute approximate surface area is 119 Å². The van der Waals surface area contributed by atoms with Crippen LogP contribution in [0.5, 0.6) is 0 Å². The van der Waals surface area contributed by atoms with Gasteiger partial charge in [-0.05, 0) is 30.3 Å². The number of hydrogen-bond donors (Lipinski definition) is 2. The Kier molecular flexibility index (Phi) is 2.64. The summed E-state index contributed by atoms with van der Waals surface area (Å²) < 4.78 is 5.66. The van der Waals surface area contributed by atoms with Gasteiger partial charge >= 0.3 is 0 Å². The molecule has 6 heteroatoms. The van der Waals surface area contributed by atoms with Crippen LogP contribution in [-0.4, -0.2) is 20.2 Å². The van der Waals surface area contributed by atoms with Gasteiger partial charge in [-0.25, -0.2) is 4.98 Å². The van der Waals surface area contributed by atoms with Crippen molar-refractivity contribution in [2.45, 2.75) is 0 Å². The highest BCUT2D eigenvalue weighted by Crippen LogP contribution is 2.24. The molecule has 0 aliphatic carbocycles. The summed E-state index contributed by atoms with van der Waals surface area (Å²) in [5.41, 5.74) is 2.63. The summed E-state index contributed by atoms with van der Waals surface area (Å²) in [5, 5.41) is 11.1. The van der Waals surface area contributed by atoms with Crippen molar-refractivity contribution in [1.82, 2.24) is 20.2 Å². The number of anilines is 2. The number of nitrogens with one attached hydrogen (secondary N) is 2. The Hall–Kier alpha value is -3.15. The maximum absolute atomic E-state index is 5.66. The molecule has 0 saturated carbocycles. The van der Waals surface area contributed by atoms with E-state index in [1.54, 1.807) is 18.6 Å². The van der Waals surface area contributed by atoms with Gasteiger partial charge in [-0.3, -0.25) is 10.1 Å². The highest BCUT2D eigenvalue weighted by molar-refractivity contribution is 5.82. The van der Waals surface area contributed by atoms with Crippen LogP contribution in [0.1, 0.15) is 0 Å². The van der Waals surface area contributed by atoms with E-state index in [0.717, 1.165) is 22.3 Å². The summed E-state index contributed by atoms with van der Waals surface area (Å²) in [6.07, 6.45) is 5.15. The van der Waals surface area contributed by atoms with E-state index in [0.29, 0.717) is 11.8 Å². The summed E-state index contributed by atoms with van der Waals surface area (Å²) >= 11 is 0. The Morgan fingerprint density at radius 1 is 1.05 bits per heavy atom. The lowest BCUT2D eigenvalue weighted by molar-refractivity contribution is 0.590. The van der Waals surface area contributed by atoms with Gasteiger partial charge in [0.25, 0.3) is 6.01 Å². The van der Waals surface area contributed by atoms with Crippen molar-refractivity contribution in [1.29, 1.82) is 0 Å². The summed E-state index contributed by atoms with van der Waals surface area (Å²) in [5.74, 6) is 0.627. The molecule has 0 aliphatic rings. The zero-order valence-corrected chi connectivity index (χ0v) is 10.9. The minimum Gasteiger partial charge on any atom is -0.422 e. The first-order chi connectivity index (χ1) is 10.4. The lowest BCUT2D eigenvalue weighted by Crippen LogP contribution is -1.89. The molecule has 21 heavy (non-hydrogen) atoms. The van der Waals surface area contributed by atoms with E-state index in [2.05, 4.69) is 25.5 Å². The minimum absolute atomic E-state index is 0.429. The van der Waals surface area contributed by atoms with Gasteiger partial charge in [0.15, 0.2) is 5.76 Å². The van der Waals surface area contributed by atoms with E-state index >= 15 is 0 Å². The zero-order chi connectivity index (χ0) is 14.1. The molecule has 1 aromatic carbocycles. The fourth-order valence-corrected chi connectivity index (χ4v) is 2.10. The third-order valence-corrected chi connectivity index (χ3v) is 3.11. The molecule has 0 fully saturated rings. The highest BCUT2D eigenvalue weighted by Gasteiger charge is 2.07. The van der Waals surface area contributed by atoms with E-state index < -0.39 is 0 Å². The van der Waals surface area contributed by atoms with Crippen molar-refractivity contribution in [2.75, 3.05) is 5.32 Å². The molecule has 0 unspecified atom stereocenters. The van der Waals surface area contributed by atoms with E-state index in [4.69, 9.17) is 4.42 Å². The molecule has 0 radical (unpaired) electrons. The Morgan fingerprint density at radius 3 is 2.95 bits per heavy atom. The van der Waals surface area contributed by atoms with Crippen LogP contribution < -0.4 is 5.32 Å². The third kappa shape index (κ3) is 2.23. The second kappa shape index (κ2) is 4.75. The van der Waals surface area contributed by atoms with Crippen molar-refractivity contribution in [3.05, 3.63) is 55.0 Å². The van der Waals surface area contributed by atoms with Gasteiger partial charge in [-0.15, -0.1) is 0 Å². The summed E-state index contributed by atoms with van der Waals surface area (Å²) in [7, 11) is 0. The maximum Gasteiger partial charge on any atom is 0.299 e. The Morgan fingerprint density at radius 2 is 2.05 bits per heavy atom. The van der Waals surface area contributed by atoms with Crippen LogP contribution >= 0.6 is 0 Å². The molecule has 0 saturated heterocycles. The average molecular weight is 277 g/mol. The van der Waals surface area contributed by atoms with Crippen LogP contribution in [0, 0.1) is 0 Å². The number of pyridine rings is 1. The second-order valence-corrected chi connectivity index (χ2v) is 4.54. The second-order valence-electron chi connectivity index (χ2n) is 4.54. The number of H-pyrrole nitrogens is 1. The molecule has 0 bridgehead atoms. The largest absolute Gasteiger partial charge is 0.422 e. The molecular weight excluding hydrogens is 266 g/mol. The molecule has 0 aliphatic heterocycles. The molecule has 4 aromatic rings. The number of aromatic amines is 1. The number of nitrogens with zero attached hydrogens (tertiary/aromatic N) is 3. The van der Waals surface area contributed by atoms with Crippen LogP contribution in [0.4, 0.5) is 11.7 Å². The number of fused-ring (bicyclic) bond motifs is 1. The summed E-state index contributed by atoms with van der Waals surface area (Å²) in [4.78, 5) is 8.44. The van der Waals surface area contributed by atoms with Crippen molar-refractivity contribution in [3.8, 4) is 11.5 Å². The first kappa shape index (κ1) is 11.7. The van der Waals surface area contributed by atoms with Crippen molar-refractivity contribution < 1.29 is 4.42 Å². The fourth-order valence-electron chi connectivity index (χ4n) is 2.10. The van der Waals surface area contributed by atoms with Crippen LogP contribution in [0.15, 0.2) is 59.4 Å². The fraction of sp³-hybridized carbons (Fsp3) is 0. The summed E-state index contributed by atoms with van der Waals surface area (Å²) in [6.45, 7) is 0. The minimum atomic E-state index is 0.429. The standard InChI is InChI=1S/C15H11N5O/c1-2-6-16-13(3-1)14-9-17-15(21-14)19-11-4-5-12-10(7-11)8-18-20-12/h1-9H,(H,17,19)(H,18,20). The van der Waals surface area contributed by atoms with Gasteiger partial charge in [0, 0.05) is 17.3 Å². The van der Waals surface area contributed by atoms with Gasteiger partial charge in [-0.1, -0.05) is 6.07 Å². The first-order valence-corrected chi connectivity index (χ1v) is 6.46. The van der Waals surface area contributed by atoms with Crippen molar-refractivity contribution >= 4 is 22.6 Å². The lowest BCUT2D eigenvalue weighted by atomic mass is 10.2. The van der Waals surface area contributed by atoms with E-state index in [-0.39, 0.29) is 0 Å². The Bertz CT molecular complexity index is 881. The topological polar surface area (TPSA) is 79.6 Å². The number of aromatic nitrogens is 4. The van der Waals surface area contributed by atoms with Crippen LogP contribution in [-0.2, 0) is 0 Å². The first-order valence-electron chi connectivity index (χ1n) is 6.46. The van der Waals surface area contributed by atoms with Gasteiger partial charge < -0.3 is 9.73 Å². The molecule has 102 valence electrons. The van der Waals surface area contributed by atoms with Crippen molar-refractivity contribution in [3.63, 3.8) is 0 Å². The molecular formula is C15H11N5O. The van der Waals surface area contributed by atoms with E-state index in [1.165, 1.54) is 0 Å². The quantitative estimate of drug-likeness (QED) is 0.600. The highest BCUT2D eigenvalue weighted by atomic mass is 16.4. The SMILES string of the molecule is c1ccc(-c2cnc(Nc3ccc4[nH]ncc4c3)o2)nc1. The summed E-state index contributed by atoms with van der Waals surface area (Å²) in [6, 6.07) is 11.9. The number of hydrogen-bond acceptors (Lipinski definition) is 5. The average Bonchev–Trinajstić information content (AvgIpc) is 3.17. The van der Waals surface area contributed by atoms with Gasteiger partial charge in [-0.2, -0.15) is 5.10 Å². The molecule has 2 N–H and O–H groups in total. The van der Waals surface area contributed by atoms with Crippen LogP contribution in [0.3, 0.4) is 0 Å². The monoisotopic (exact) mass is 277 g/mol.